The molecule has 7 nitrogen and oxygen atoms in total. The van der Waals surface area contributed by atoms with E-state index in [-0.39, 0.29) is 12.0 Å². The van der Waals surface area contributed by atoms with Crippen LogP contribution in [-0.2, 0) is 20.8 Å². The Morgan fingerprint density at radius 3 is 1.89 bits per heavy atom. The Hall–Kier alpha value is -2.64. The summed E-state index contributed by atoms with van der Waals surface area (Å²) in [7, 11) is 0. The summed E-state index contributed by atoms with van der Waals surface area (Å²) >= 11 is 0. The molecule has 0 atom stereocenters. The van der Waals surface area contributed by atoms with Crippen molar-refractivity contribution in [1.29, 1.82) is 0 Å². The van der Waals surface area contributed by atoms with Crippen LogP contribution in [0, 0.1) is 5.82 Å². The standard InChI is InChI=1S/C8H8FNO2.C3H4O4/c9-7-4-6(10)2-1-5(7)3-8(11)12;4-2(5)1-3(6)7/h1-2,4H,3,10H2,(H,11,12);1H2,(H,4,5)(H,6,7). The summed E-state index contributed by atoms with van der Waals surface area (Å²) in [5.74, 6) is -4.25. The summed E-state index contributed by atoms with van der Waals surface area (Å²) in [6.45, 7) is 0. The summed E-state index contributed by atoms with van der Waals surface area (Å²) in [6, 6.07) is 3.96. The van der Waals surface area contributed by atoms with Gasteiger partial charge < -0.3 is 21.1 Å². The van der Waals surface area contributed by atoms with Gasteiger partial charge in [0, 0.05) is 5.69 Å². The van der Waals surface area contributed by atoms with Gasteiger partial charge in [-0.25, -0.2) is 4.39 Å². The fourth-order valence-corrected chi connectivity index (χ4v) is 0.999. The molecule has 0 aliphatic heterocycles. The molecule has 0 aliphatic rings. The zero-order valence-electron chi connectivity index (χ0n) is 9.67. The number of nitrogen functional groups attached to an aromatic ring is 1. The number of benzene rings is 1. The first-order valence-electron chi connectivity index (χ1n) is 4.91. The van der Waals surface area contributed by atoms with Crippen LogP contribution in [0.15, 0.2) is 18.2 Å². The Bertz CT molecular complexity index is 476. The number of nitrogens with two attached hydrogens (primary N) is 1. The maximum atomic E-state index is 12.9. The van der Waals surface area contributed by atoms with Crippen molar-refractivity contribution in [3.63, 3.8) is 0 Å². The highest BCUT2D eigenvalue weighted by atomic mass is 19.1. The summed E-state index contributed by atoms with van der Waals surface area (Å²) in [5, 5.41) is 23.8. The van der Waals surface area contributed by atoms with Gasteiger partial charge in [-0.2, -0.15) is 0 Å². The van der Waals surface area contributed by atoms with Crippen LogP contribution >= 0.6 is 0 Å². The van der Waals surface area contributed by atoms with Crippen molar-refractivity contribution in [2.75, 3.05) is 5.73 Å². The first-order chi connectivity index (χ1) is 8.72. The van der Waals surface area contributed by atoms with Gasteiger partial charge in [0.25, 0.3) is 0 Å². The van der Waals surface area contributed by atoms with Crippen molar-refractivity contribution in [3.8, 4) is 0 Å². The summed E-state index contributed by atoms with van der Waals surface area (Å²) in [5.41, 5.74) is 5.71. The van der Waals surface area contributed by atoms with Crippen LogP contribution in [0.1, 0.15) is 12.0 Å². The van der Waals surface area contributed by atoms with Gasteiger partial charge in [-0.3, -0.25) is 14.4 Å². The smallest absolute Gasteiger partial charge is 0.314 e. The number of hydrogen-bond acceptors (Lipinski definition) is 4. The van der Waals surface area contributed by atoms with Crippen LogP contribution in [-0.4, -0.2) is 33.2 Å². The number of anilines is 1. The highest BCUT2D eigenvalue weighted by Gasteiger charge is 2.06. The quantitative estimate of drug-likeness (QED) is 0.465. The first-order valence-corrected chi connectivity index (χ1v) is 4.91. The monoisotopic (exact) mass is 273 g/mol. The number of carboxylic acid groups (broad SMARTS) is 3. The van der Waals surface area contributed by atoms with E-state index in [1.807, 2.05) is 0 Å². The van der Waals surface area contributed by atoms with Crippen molar-refractivity contribution in [2.45, 2.75) is 12.8 Å². The van der Waals surface area contributed by atoms with E-state index in [0.29, 0.717) is 5.69 Å². The molecule has 0 saturated carbocycles. The fourth-order valence-electron chi connectivity index (χ4n) is 0.999. The third kappa shape index (κ3) is 8.13. The molecule has 0 aliphatic carbocycles. The zero-order chi connectivity index (χ0) is 15.0. The minimum absolute atomic E-state index is 0.150. The molecule has 0 aromatic heterocycles. The lowest BCUT2D eigenvalue weighted by Gasteiger charge is -1.99. The predicted molar refractivity (Wildman–Crippen MR) is 62.0 cm³/mol. The molecule has 0 fully saturated rings. The Morgan fingerprint density at radius 2 is 1.58 bits per heavy atom. The molecule has 1 rings (SSSR count). The number of halogens is 1. The van der Waals surface area contributed by atoms with Gasteiger partial charge in [0.1, 0.15) is 12.2 Å². The molecule has 0 spiro atoms. The molecule has 8 heteroatoms. The predicted octanol–water partition coefficient (Wildman–Crippen LogP) is 0.581. The first kappa shape index (κ1) is 16.4. The van der Waals surface area contributed by atoms with Crippen LogP contribution < -0.4 is 5.73 Å². The van der Waals surface area contributed by atoms with E-state index in [9.17, 15) is 18.8 Å². The second-order valence-corrected chi connectivity index (χ2v) is 3.39. The zero-order valence-corrected chi connectivity index (χ0v) is 9.67. The lowest BCUT2D eigenvalue weighted by atomic mass is 10.1. The Labute approximate surface area is 107 Å². The van der Waals surface area contributed by atoms with E-state index in [2.05, 4.69) is 0 Å². The largest absolute Gasteiger partial charge is 0.481 e. The molecular weight excluding hydrogens is 261 g/mol. The summed E-state index contributed by atoms with van der Waals surface area (Å²) in [6.07, 6.45) is -1.12. The topological polar surface area (TPSA) is 138 Å². The van der Waals surface area contributed by atoms with Gasteiger partial charge in [0.15, 0.2) is 0 Å². The number of rotatable bonds is 4. The molecule has 1 aromatic rings. The van der Waals surface area contributed by atoms with Crippen molar-refractivity contribution < 1.29 is 34.1 Å². The minimum atomic E-state index is -1.31. The van der Waals surface area contributed by atoms with Gasteiger partial charge in [0.2, 0.25) is 0 Å². The maximum absolute atomic E-state index is 12.9. The van der Waals surface area contributed by atoms with E-state index >= 15 is 0 Å². The lowest BCUT2D eigenvalue weighted by Crippen LogP contribution is -2.03. The SMILES string of the molecule is Nc1ccc(CC(=O)O)c(F)c1.O=C(O)CC(=O)O. The molecule has 0 unspecified atom stereocenters. The van der Waals surface area contributed by atoms with Crippen LogP contribution in [0.3, 0.4) is 0 Å². The van der Waals surface area contributed by atoms with E-state index in [0.717, 1.165) is 6.07 Å². The molecule has 0 saturated heterocycles. The van der Waals surface area contributed by atoms with Gasteiger partial charge in [-0.15, -0.1) is 0 Å². The van der Waals surface area contributed by atoms with Gasteiger partial charge in [-0.1, -0.05) is 6.07 Å². The van der Waals surface area contributed by atoms with Crippen LogP contribution in [0.25, 0.3) is 0 Å². The van der Waals surface area contributed by atoms with Crippen molar-refractivity contribution >= 4 is 23.6 Å². The Balaban J connectivity index is 0.000000399. The van der Waals surface area contributed by atoms with Crippen LogP contribution in [0.5, 0.6) is 0 Å². The van der Waals surface area contributed by atoms with Crippen molar-refractivity contribution in [2.24, 2.45) is 0 Å². The van der Waals surface area contributed by atoms with Gasteiger partial charge in [-0.05, 0) is 17.7 Å². The van der Waals surface area contributed by atoms with E-state index in [1.165, 1.54) is 12.1 Å². The molecule has 0 bridgehead atoms. The normalized spacial score (nSPS) is 9.11. The Morgan fingerprint density at radius 1 is 1.05 bits per heavy atom. The molecule has 0 radical (unpaired) electrons. The van der Waals surface area contributed by atoms with Gasteiger partial charge >= 0.3 is 17.9 Å². The van der Waals surface area contributed by atoms with Crippen LogP contribution in [0.4, 0.5) is 10.1 Å². The van der Waals surface area contributed by atoms with Crippen molar-refractivity contribution in [3.05, 3.63) is 29.6 Å². The van der Waals surface area contributed by atoms with Gasteiger partial charge in [0.05, 0.1) is 6.42 Å². The average Bonchev–Trinajstić information content (AvgIpc) is 2.20. The summed E-state index contributed by atoms with van der Waals surface area (Å²) in [4.78, 5) is 29.1. The number of aliphatic carboxylic acids is 3. The second-order valence-electron chi connectivity index (χ2n) is 3.39. The molecule has 104 valence electrons. The number of carboxylic acids is 3. The van der Waals surface area contributed by atoms with Crippen LogP contribution in [0.2, 0.25) is 0 Å². The molecule has 19 heavy (non-hydrogen) atoms. The molecule has 1 aromatic carbocycles. The van der Waals surface area contributed by atoms with E-state index < -0.39 is 30.1 Å². The number of carbonyl (C=O) groups is 3. The third-order valence-corrected chi connectivity index (χ3v) is 1.72. The molecule has 0 heterocycles. The van der Waals surface area contributed by atoms with E-state index in [4.69, 9.17) is 21.1 Å². The molecule has 0 amide bonds. The maximum Gasteiger partial charge on any atom is 0.314 e. The molecular formula is C11H12FNO6. The average molecular weight is 273 g/mol. The number of hydrogen-bond donors (Lipinski definition) is 4. The van der Waals surface area contributed by atoms with E-state index in [1.54, 1.807) is 0 Å². The fraction of sp³-hybridized carbons (Fsp3) is 0.182. The lowest BCUT2D eigenvalue weighted by molar-refractivity contribution is -0.147. The highest BCUT2D eigenvalue weighted by molar-refractivity contribution is 5.88. The minimum Gasteiger partial charge on any atom is -0.481 e. The second kappa shape index (κ2) is 7.64. The summed E-state index contributed by atoms with van der Waals surface area (Å²) < 4.78 is 12.9. The highest BCUT2D eigenvalue weighted by Crippen LogP contribution is 2.11. The Kier molecular flexibility index (Phi) is 6.58. The molecule has 5 N–H and O–H groups in total. The van der Waals surface area contributed by atoms with Crippen molar-refractivity contribution in [1.82, 2.24) is 0 Å². The third-order valence-electron chi connectivity index (χ3n) is 1.72.